The Balaban J connectivity index is 1.95. The molecule has 0 spiro atoms. The third-order valence-electron chi connectivity index (χ3n) is 3.95. The molecule has 2 heterocycles. The molecule has 0 aliphatic rings. The summed E-state index contributed by atoms with van der Waals surface area (Å²) in [4.78, 5) is 28.3. The summed E-state index contributed by atoms with van der Waals surface area (Å²) in [5.74, 6) is -1.26. The number of amides is 1. The standard InChI is InChI=1S/C19H19N3O3/c1-3-4-15-17(22-10-9-12(2)11-16(22)21-15)18(23)20-14-7-5-13(6-8-14)19(24)25/h5-11H,3-4H2,1-2H3,(H,20,23)(H,24,25). The summed E-state index contributed by atoms with van der Waals surface area (Å²) >= 11 is 0. The van der Waals surface area contributed by atoms with E-state index in [-0.39, 0.29) is 11.5 Å². The van der Waals surface area contributed by atoms with Crippen molar-refractivity contribution in [1.82, 2.24) is 9.38 Å². The van der Waals surface area contributed by atoms with Gasteiger partial charge in [0.05, 0.1) is 11.3 Å². The highest BCUT2D eigenvalue weighted by Gasteiger charge is 2.19. The van der Waals surface area contributed by atoms with Crippen LogP contribution in [0.1, 0.15) is 45.4 Å². The molecule has 0 aliphatic carbocycles. The van der Waals surface area contributed by atoms with Crippen LogP contribution in [0.15, 0.2) is 42.6 Å². The second-order valence-electron chi connectivity index (χ2n) is 5.93. The maximum absolute atomic E-state index is 12.8. The molecule has 3 rings (SSSR count). The van der Waals surface area contributed by atoms with Crippen LogP contribution in [0.2, 0.25) is 0 Å². The number of benzene rings is 1. The van der Waals surface area contributed by atoms with E-state index in [4.69, 9.17) is 5.11 Å². The van der Waals surface area contributed by atoms with Gasteiger partial charge in [0.2, 0.25) is 0 Å². The second-order valence-corrected chi connectivity index (χ2v) is 5.93. The number of nitrogens with zero attached hydrogens (tertiary/aromatic N) is 2. The lowest BCUT2D eigenvalue weighted by Crippen LogP contribution is -2.16. The van der Waals surface area contributed by atoms with Crippen molar-refractivity contribution in [2.75, 3.05) is 5.32 Å². The Hall–Kier alpha value is -3.15. The zero-order chi connectivity index (χ0) is 18.0. The number of carbonyl (C=O) groups is 2. The molecule has 6 nitrogen and oxygen atoms in total. The summed E-state index contributed by atoms with van der Waals surface area (Å²) in [5, 5.41) is 11.8. The van der Waals surface area contributed by atoms with Crippen molar-refractivity contribution in [3.05, 3.63) is 65.1 Å². The maximum atomic E-state index is 12.8. The highest BCUT2D eigenvalue weighted by molar-refractivity contribution is 6.04. The number of fused-ring (bicyclic) bond motifs is 1. The second kappa shape index (κ2) is 6.76. The van der Waals surface area contributed by atoms with Crippen LogP contribution in [0.25, 0.3) is 5.65 Å². The number of aromatic nitrogens is 2. The first kappa shape index (κ1) is 16.7. The van der Waals surface area contributed by atoms with Gasteiger partial charge in [0.15, 0.2) is 0 Å². The van der Waals surface area contributed by atoms with E-state index >= 15 is 0 Å². The molecule has 0 saturated heterocycles. The predicted octanol–water partition coefficient (Wildman–Crippen LogP) is 3.55. The smallest absolute Gasteiger partial charge is 0.335 e. The summed E-state index contributed by atoms with van der Waals surface area (Å²) in [6, 6.07) is 9.95. The molecule has 0 unspecified atom stereocenters. The van der Waals surface area contributed by atoms with Crippen LogP contribution < -0.4 is 5.32 Å². The van der Waals surface area contributed by atoms with E-state index in [9.17, 15) is 9.59 Å². The van der Waals surface area contributed by atoms with Crippen molar-refractivity contribution >= 4 is 23.2 Å². The fourth-order valence-electron chi connectivity index (χ4n) is 2.73. The van der Waals surface area contributed by atoms with Crippen LogP contribution in [-0.4, -0.2) is 26.4 Å². The molecular formula is C19H19N3O3. The van der Waals surface area contributed by atoms with Gasteiger partial charge in [-0.05, 0) is 55.3 Å². The number of anilines is 1. The molecule has 0 bridgehead atoms. The summed E-state index contributed by atoms with van der Waals surface area (Å²) in [7, 11) is 0. The van der Waals surface area contributed by atoms with E-state index in [0.29, 0.717) is 17.8 Å². The van der Waals surface area contributed by atoms with Crippen LogP contribution in [0.4, 0.5) is 5.69 Å². The molecule has 3 aromatic rings. The van der Waals surface area contributed by atoms with E-state index in [1.54, 1.807) is 16.5 Å². The van der Waals surface area contributed by atoms with Gasteiger partial charge in [-0.15, -0.1) is 0 Å². The number of aryl methyl sites for hydroxylation is 2. The Bertz CT molecular complexity index is 942. The summed E-state index contributed by atoms with van der Waals surface area (Å²) in [5.41, 5.74) is 3.81. The van der Waals surface area contributed by atoms with E-state index < -0.39 is 5.97 Å². The van der Waals surface area contributed by atoms with Gasteiger partial charge < -0.3 is 10.4 Å². The van der Waals surface area contributed by atoms with Crippen LogP contribution in [0.5, 0.6) is 0 Å². The minimum Gasteiger partial charge on any atom is -0.478 e. The van der Waals surface area contributed by atoms with Crippen molar-refractivity contribution < 1.29 is 14.7 Å². The third kappa shape index (κ3) is 3.38. The minimum absolute atomic E-state index is 0.176. The number of hydrogen-bond acceptors (Lipinski definition) is 3. The molecule has 6 heteroatoms. The number of imidazole rings is 1. The fourth-order valence-corrected chi connectivity index (χ4v) is 2.73. The Morgan fingerprint density at radius 3 is 2.56 bits per heavy atom. The molecule has 2 N–H and O–H groups in total. The van der Waals surface area contributed by atoms with Crippen LogP contribution in [0.3, 0.4) is 0 Å². The molecule has 0 saturated carbocycles. The highest BCUT2D eigenvalue weighted by Crippen LogP contribution is 2.18. The van der Waals surface area contributed by atoms with Crippen molar-refractivity contribution in [3.63, 3.8) is 0 Å². The highest BCUT2D eigenvalue weighted by atomic mass is 16.4. The summed E-state index contributed by atoms with van der Waals surface area (Å²) in [6.45, 7) is 4.03. The van der Waals surface area contributed by atoms with Crippen LogP contribution in [0, 0.1) is 6.92 Å². The van der Waals surface area contributed by atoms with Gasteiger partial charge in [-0.3, -0.25) is 9.20 Å². The molecule has 1 aromatic carbocycles. The molecule has 0 aliphatic heterocycles. The monoisotopic (exact) mass is 337 g/mol. The number of nitrogens with one attached hydrogen (secondary N) is 1. The molecule has 128 valence electrons. The van der Waals surface area contributed by atoms with Gasteiger partial charge in [0.1, 0.15) is 11.3 Å². The largest absolute Gasteiger partial charge is 0.478 e. The van der Waals surface area contributed by atoms with Gasteiger partial charge in [-0.25, -0.2) is 9.78 Å². The van der Waals surface area contributed by atoms with E-state index in [1.807, 2.05) is 32.2 Å². The van der Waals surface area contributed by atoms with Gasteiger partial charge in [0, 0.05) is 11.9 Å². The number of pyridine rings is 1. The van der Waals surface area contributed by atoms with E-state index in [2.05, 4.69) is 10.3 Å². The van der Waals surface area contributed by atoms with Gasteiger partial charge in [-0.1, -0.05) is 13.3 Å². The molecule has 1 amide bonds. The lowest BCUT2D eigenvalue weighted by atomic mass is 10.2. The first-order valence-electron chi connectivity index (χ1n) is 8.12. The molecule has 25 heavy (non-hydrogen) atoms. The Morgan fingerprint density at radius 1 is 1.20 bits per heavy atom. The lowest BCUT2D eigenvalue weighted by Gasteiger charge is -2.07. The SMILES string of the molecule is CCCc1nc2cc(C)ccn2c1C(=O)Nc1ccc(C(=O)O)cc1. The molecular weight excluding hydrogens is 318 g/mol. The third-order valence-corrected chi connectivity index (χ3v) is 3.95. The van der Waals surface area contributed by atoms with Gasteiger partial charge in [0.25, 0.3) is 5.91 Å². The molecule has 0 atom stereocenters. The Labute approximate surface area is 145 Å². The van der Waals surface area contributed by atoms with Crippen LogP contribution in [-0.2, 0) is 6.42 Å². The molecule has 2 aromatic heterocycles. The van der Waals surface area contributed by atoms with Crippen molar-refractivity contribution in [2.24, 2.45) is 0 Å². The maximum Gasteiger partial charge on any atom is 0.335 e. The molecule has 0 radical (unpaired) electrons. The first-order chi connectivity index (χ1) is 12.0. The normalized spacial score (nSPS) is 10.8. The number of carbonyl (C=O) groups excluding carboxylic acids is 1. The van der Waals surface area contributed by atoms with E-state index in [1.165, 1.54) is 12.1 Å². The average molecular weight is 337 g/mol. The fraction of sp³-hybridized carbons (Fsp3) is 0.211. The number of hydrogen-bond donors (Lipinski definition) is 2. The Morgan fingerprint density at radius 2 is 1.92 bits per heavy atom. The van der Waals surface area contributed by atoms with Crippen molar-refractivity contribution in [3.8, 4) is 0 Å². The lowest BCUT2D eigenvalue weighted by molar-refractivity contribution is 0.0696. The quantitative estimate of drug-likeness (QED) is 0.746. The van der Waals surface area contributed by atoms with E-state index in [0.717, 1.165) is 23.3 Å². The van der Waals surface area contributed by atoms with Crippen LogP contribution >= 0.6 is 0 Å². The Kier molecular flexibility index (Phi) is 4.52. The zero-order valence-corrected chi connectivity index (χ0v) is 14.1. The topological polar surface area (TPSA) is 83.7 Å². The van der Waals surface area contributed by atoms with Gasteiger partial charge in [-0.2, -0.15) is 0 Å². The van der Waals surface area contributed by atoms with Crippen molar-refractivity contribution in [1.29, 1.82) is 0 Å². The average Bonchev–Trinajstić information content (AvgIpc) is 2.92. The molecule has 0 fully saturated rings. The number of rotatable bonds is 5. The summed E-state index contributed by atoms with van der Waals surface area (Å²) in [6.07, 6.45) is 3.44. The number of aromatic carboxylic acids is 1. The minimum atomic E-state index is -1.000. The van der Waals surface area contributed by atoms with Gasteiger partial charge >= 0.3 is 5.97 Å². The zero-order valence-electron chi connectivity index (χ0n) is 14.1. The summed E-state index contributed by atoms with van der Waals surface area (Å²) < 4.78 is 1.79. The predicted molar refractivity (Wildman–Crippen MR) is 95.3 cm³/mol. The number of carboxylic acids is 1. The van der Waals surface area contributed by atoms with Crippen molar-refractivity contribution in [2.45, 2.75) is 26.7 Å². The number of carboxylic acid groups (broad SMARTS) is 1. The first-order valence-corrected chi connectivity index (χ1v) is 8.12.